The van der Waals surface area contributed by atoms with Crippen molar-refractivity contribution >= 4 is 0 Å². The molecule has 2 saturated carbocycles. The molecular weight excluding hydrogens is 144 g/mol. The molecule has 0 bridgehead atoms. The van der Waals surface area contributed by atoms with Gasteiger partial charge < -0.3 is 0 Å². The van der Waals surface area contributed by atoms with Crippen LogP contribution in [0.5, 0.6) is 0 Å². The van der Waals surface area contributed by atoms with Crippen LogP contribution in [-0.2, 0) is 0 Å². The third-order valence-electron chi connectivity index (χ3n) is 4.33. The van der Waals surface area contributed by atoms with Gasteiger partial charge in [-0.15, -0.1) is 0 Å². The SMILES string of the molecule is CCC1CCC2(CCC(C)C2)C1. The van der Waals surface area contributed by atoms with E-state index in [1.54, 1.807) is 25.7 Å². The molecule has 2 aliphatic rings. The maximum Gasteiger partial charge on any atom is -0.0292 e. The smallest absolute Gasteiger partial charge is 0.0292 e. The van der Waals surface area contributed by atoms with E-state index in [9.17, 15) is 0 Å². The first-order valence-electron chi connectivity index (χ1n) is 5.74. The average Bonchev–Trinajstić information content (AvgIpc) is 2.61. The molecule has 0 heteroatoms. The zero-order valence-electron chi connectivity index (χ0n) is 8.60. The molecule has 0 N–H and O–H groups in total. The molecule has 0 aliphatic heterocycles. The maximum atomic E-state index is 2.44. The van der Waals surface area contributed by atoms with Crippen molar-refractivity contribution in [2.75, 3.05) is 0 Å². The standard InChI is InChI=1S/C12H22/c1-3-11-5-7-12(9-11)6-4-10(2)8-12/h10-11H,3-9H2,1-2H3. The van der Waals surface area contributed by atoms with Crippen molar-refractivity contribution in [3.05, 3.63) is 0 Å². The zero-order chi connectivity index (χ0) is 8.60. The van der Waals surface area contributed by atoms with E-state index >= 15 is 0 Å². The fourth-order valence-corrected chi connectivity index (χ4v) is 3.58. The summed E-state index contributed by atoms with van der Waals surface area (Å²) < 4.78 is 0. The molecule has 2 rings (SSSR count). The van der Waals surface area contributed by atoms with E-state index in [1.165, 1.54) is 19.3 Å². The zero-order valence-corrected chi connectivity index (χ0v) is 8.60. The summed E-state index contributed by atoms with van der Waals surface area (Å²) in [6.45, 7) is 4.80. The van der Waals surface area contributed by atoms with Crippen molar-refractivity contribution in [1.82, 2.24) is 0 Å². The fraction of sp³-hybridized carbons (Fsp3) is 1.00. The minimum atomic E-state index is 0.833. The predicted octanol–water partition coefficient (Wildman–Crippen LogP) is 4.00. The van der Waals surface area contributed by atoms with Crippen LogP contribution < -0.4 is 0 Å². The molecule has 0 saturated heterocycles. The molecule has 1 spiro atoms. The lowest BCUT2D eigenvalue weighted by atomic mass is 9.82. The van der Waals surface area contributed by atoms with E-state index in [0.717, 1.165) is 17.3 Å². The van der Waals surface area contributed by atoms with Gasteiger partial charge in [-0.2, -0.15) is 0 Å². The normalized spacial score (nSPS) is 47.5. The van der Waals surface area contributed by atoms with Crippen LogP contribution in [0, 0.1) is 17.3 Å². The van der Waals surface area contributed by atoms with Crippen LogP contribution in [0.1, 0.15) is 58.8 Å². The first kappa shape index (κ1) is 8.59. The van der Waals surface area contributed by atoms with Gasteiger partial charge in [0.1, 0.15) is 0 Å². The van der Waals surface area contributed by atoms with Gasteiger partial charge in [0.05, 0.1) is 0 Å². The minimum absolute atomic E-state index is 0.833. The molecule has 3 atom stereocenters. The summed E-state index contributed by atoms with van der Waals surface area (Å²) >= 11 is 0. The highest BCUT2D eigenvalue weighted by Gasteiger charge is 2.42. The summed E-state index contributed by atoms with van der Waals surface area (Å²) in [4.78, 5) is 0. The minimum Gasteiger partial charge on any atom is -0.0651 e. The molecule has 3 unspecified atom stereocenters. The van der Waals surface area contributed by atoms with Gasteiger partial charge in [0.25, 0.3) is 0 Å². The average molecular weight is 166 g/mol. The third kappa shape index (κ3) is 1.41. The number of hydrogen-bond acceptors (Lipinski definition) is 0. The number of hydrogen-bond donors (Lipinski definition) is 0. The molecule has 0 radical (unpaired) electrons. The van der Waals surface area contributed by atoms with Crippen LogP contribution in [0.25, 0.3) is 0 Å². The molecule has 12 heavy (non-hydrogen) atoms. The first-order valence-corrected chi connectivity index (χ1v) is 5.74. The molecule has 0 nitrogen and oxygen atoms in total. The summed E-state index contributed by atoms with van der Waals surface area (Å²) in [6, 6.07) is 0. The molecule has 2 aliphatic carbocycles. The van der Waals surface area contributed by atoms with Crippen LogP contribution in [0.3, 0.4) is 0 Å². The lowest BCUT2D eigenvalue weighted by Crippen LogP contribution is -2.11. The van der Waals surface area contributed by atoms with Gasteiger partial charge in [0.2, 0.25) is 0 Å². The second-order valence-corrected chi connectivity index (χ2v) is 5.37. The van der Waals surface area contributed by atoms with E-state index in [2.05, 4.69) is 13.8 Å². The van der Waals surface area contributed by atoms with Crippen molar-refractivity contribution in [2.24, 2.45) is 17.3 Å². The molecule has 0 heterocycles. The second kappa shape index (κ2) is 3.05. The topological polar surface area (TPSA) is 0 Å². The Morgan fingerprint density at radius 3 is 2.42 bits per heavy atom. The molecule has 0 amide bonds. The van der Waals surface area contributed by atoms with Crippen molar-refractivity contribution in [2.45, 2.75) is 58.8 Å². The summed E-state index contributed by atoms with van der Waals surface area (Å²) in [5.74, 6) is 2.11. The van der Waals surface area contributed by atoms with Crippen LogP contribution in [-0.4, -0.2) is 0 Å². The highest BCUT2D eigenvalue weighted by Crippen LogP contribution is 2.54. The largest absolute Gasteiger partial charge is 0.0651 e. The van der Waals surface area contributed by atoms with Crippen LogP contribution >= 0.6 is 0 Å². The Bertz CT molecular complexity index is 161. The Hall–Kier alpha value is 0. The van der Waals surface area contributed by atoms with E-state index in [1.807, 2.05) is 0 Å². The van der Waals surface area contributed by atoms with E-state index in [4.69, 9.17) is 0 Å². The van der Waals surface area contributed by atoms with Crippen LogP contribution in [0.2, 0.25) is 0 Å². The first-order chi connectivity index (χ1) is 5.74. The summed E-state index contributed by atoms with van der Waals surface area (Å²) in [6.07, 6.45) is 10.7. The Morgan fingerprint density at radius 1 is 1.17 bits per heavy atom. The van der Waals surface area contributed by atoms with Gasteiger partial charge in [-0.25, -0.2) is 0 Å². The van der Waals surface area contributed by atoms with Gasteiger partial charge >= 0.3 is 0 Å². The Balaban J connectivity index is 1.97. The maximum absolute atomic E-state index is 2.44. The molecule has 0 aromatic rings. The number of rotatable bonds is 1. The summed E-state index contributed by atoms with van der Waals surface area (Å²) in [7, 11) is 0. The lowest BCUT2D eigenvalue weighted by molar-refractivity contribution is 0.282. The monoisotopic (exact) mass is 166 g/mol. The summed E-state index contributed by atoms with van der Waals surface area (Å²) in [5.41, 5.74) is 0.833. The van der Waals surface area contributed by atoms with E-state index in [0.29, 0.717) is 0 Å². The highest BCUT2D eigenvalue weighted by molar-refractivity contribution is 4.93. The van der Waals surface area contributed by atoms with Crippen molar-refractivity contribution in [3.8, 4) is 0 Å². The van der Waals surface area contributed by atoms with Crippen molar-refractivity contribution < 1.29 is 0 Å². The Morgan fingerprint density at radius 2 is 1.92 bits per heavy atom. The van der Waals surface area contributed by atoms with Gasteiger partial charge in [-0.1, -0.05) is 26.7 Å². The van der Waals surface area contributed by atoms with Gasteiger partial charge in [0, 0.05) is 0 Å². The van der Waals surface area contributed by atoms with E-state index < -0.39 is 0 Å². The second-order valence-electron chi connectivity index (χ2n) is 5.37. The van der Waals surface area contributed by atoms with Gasteiger partial charge in [0.15, 0.2) is 0 Å². The predicted molar refractivity (Wildman–Crippen MR) is 53.1 cm³/mol. The fourth-order valence-electron chi connectivity index (χ4n) is 3.58. The van der Waals surface area contributed by atoms with Crippen LogP contribution in [0.15, 0.2) is 0 Å². The van der Waals surface area contributed by atoms with Gasteiger partial charge in [-0.05, 0) is 49.4 Å². The molecule has 0 aromatic carbocycles. The third-order valence-corrected chi connectivity index (χ3v) is 4.33. The molecule has 2 fully saturated rings. The summed E-state index contributed by atoms with van der Waals surface area (Å²) in [5, 5.41) is 0. The van der Waals surface area contributed by atoms with E-state index in [-0.39, 0.29) is 0 Å². The molecule has 70 valence electrons. The van der Waals surface area contributed by atoms with Crippen LogP contribution in [0.4, 0.5) is 0 Å². The quantitative estimate of drug-likeness (QED) is 0.552. The van der Waals surface area contributed by atoms with Crippen molar-refractivity contribution in [3.63, 3.8) is 0 Å². The molecule has 0 aromatic heterocycles. The van der Waals surface area contributed by atoms with Crippen molar-refractivity contribution in [1.29, 1.82) is 0 Å². The highest BCUT2D eigenvalue weighted by atomic mass is 14.5. The lowest BCUT2D eigenvalue weighted by Gasteiger charge is -2.23. The Kier molecular flexibility index (Phi) is 2.18. The van der Waals surface area contributed by atoms with Gasteiger partial charge in [-0.3, -0.25) is 0 Å². The Labute approximate surface area is 76.7 Å². The molecular formula is C12H22.